The number of carbonyl (C=O) groups is 1. The number of amides is 1. The maximum absolute atomic E-state index is 12.9. The summed E-state index contributed by atoms with van der Waals surface area (Å²) in [4.78, 5) is 14.6. The Morgan fingerprint density at radius 3 is 2.66 bits per heavy atom. The normalized spacial score (nSPS) is 15.8. The SMILES string of the molecule is CCOc1ccccc1NC(=O)CN1CCC(n2nnc3cc(C(F)(F)F)ccc32)CC1. The molecule has 1 fully saturated rings. The maximum Gasteiger partial charge on any atom is 0.416 e. The summed E-state index contributed by atoms with van der Waals surface area (Å²) in [5.74, 6) is 0.510. The van der Waals surface area contributed by atoms with Gasteiger partial charge in [-0.3, -0.25) is 9.69 Å². The number of ether oxygens (including phenoxy) is 1. The van der Waals surface area contributed by atoms with Gasteiger partial charge in [0.2, 0.25) is 5.91 Å². The summed E-state index contributed by atoms with van der Waals surface area (Å²) in [5, 5.41) is 10.9. The quantitative estimate of drug-likeness (QED) is 0.615. The zero-order valence-corrected chi connectivity index (χ0v) is 17.6. The summed E-state index contributed by atoms with van der Waals surface area (Å²) in [6, 6.07) is 10.8. The number of hydrogen-bond donors (Lipinski definition) is 1. The second kappa shape index (κ2) is 9.15. The third-order valence-electron chi connectivity index (χ3n) is 5.53. The molecule has 2 aromatic carbocycles. The Kier molecular flexibility index (Phi) is 6.31. The van der Waals surface area contributed by atoms with Crippen LogP contribution in [-0.4, -0.2) is 52.0 Å². The molecule has 0 aliphatic carbocycles. The van der Waals surface area contributed by atoms with Crippen LogP contribution in [0.5, 0.6) is 5.75 Å². The number of hydrogen-bond acceptors (Lipinski definition) is 5. The average Bonchev–Trinajstić information content (AvgIpc) is 3.18. The van der Waals surface area contributed by atoms with Crippen LogP contribution in [0.3, 0.4) is 0 Å². The van der Waals surface area contributed by atoms with E-state index in [0.29, 0.717) is 36.6 Å². The largest absolute Gasteiger partial charge is 0.492 e. The predicted molar refractivity (Wildman–Crippen MR) is 113 cm³/mol. The summed E-state index contributed by atoms with van der Waals surface area (Å²) < 4.78 is 46.0. The van der Waals surface area contributed by atoms with Gasteiger partial charge < -0.3 is 10.1 Å². The lowest BCUT2D eigenvalue weighted by Gasteiger charge is -2.31. The van der Waals surface area contributed by atoms with Crippen LogP contribution < -0.4 is 10.1 Å². The highest BCUT2D eigenvalue weighted by Crippen LogP contribution is 2.32. The van der Waals surface area contributed by atoms with Gasteiger partial charge in [0.05, 0.1) is 36.0 Å². The number of anilines is 1. The van der Waals surface area contributed by atoms with Crippen molar-refractivity contribution in [2.75, 3.05) is 31.6 Å². The number of piperidine rings is 1. The lowest BCUT2D eigenvalue weighted by Crippen LogP contribution is -2.39. The zero-order valence-electron chi connectivity index (χ0n) is 17.6. The average molecular weight is 447 g/mol. The van der Waals surface area contributed by atoms with Gasteiger partial charge in [0, 0.05) is 13.1 Å². The molecular formula is C22H24F3N5O2. The molecule has 2 heterocycles. The summed E-state index contributed by atoms with van der Waals surface area (Å²) in [7, 11) is 0. The molecule has 4 rings (SSSR count). The van der Waals surface area contributed by atoms with Crippen LogP contribution in [0.15, 0.2) is 42.5 Å². The fraction of sp³-hybridized carbons (Fsp3) is 0.409. The minimum Gasteiger partial charge on any atom is -0.492 e. The van der Waals surface area contributed by atoms with Crippen molar-refractivity contribution >= 4 is 22.6 Å². The Hall–Kier alpha value is -3.14. The number of likely N-dealkylation sites (tertiary alicyclic amines) is 1. The molecule has 3 aromatic rings. The van der Waals surface area contributed by atoms with Crippen LogP contribution in [0.1, 0.15) is 31.4 Å². The number of alkyl halides is 3. The van der Waals surface area contributed by atoms with Gasteiger partial charge in [0.1, 0.15) is 11.3 Å². The number of halogens is 3. The van der Waals surface area contributed by atoms with Crippen LogP contribution in [0.2, 0.25) is 0 Å². The Morgan fingerprint density at radius 1 is 1.19 bits per heavy atom. The monoisotopic (exact) mass is 447 g/mol. The Bertz CT molecular complexity index is 1090. The van der Waals surface area contributed by atoms with Crippen LogP contribution in [0.25, 0.3) is 11.0 Å². The van der Waals surface area contributed by atoms with Crippen LogP contribution in [0.4, 0.5) is 18.9 Å². The van der Waals surface area contributed by atoms with Crippen molar-refractivity contribution in [3.8, 4) is 5.75 Å². The number of benzene rings is 2. The van der Waals surface area contributed by atoms with Gasteiger partial charge in [0.25, 0.3) is 0 Å². The van der Waals surface area contributed by atoms with E-state index in [1.165, 1.54) is 6.07 Å². The predicted octanol–water partition coefficient (Wildman–Crippen LogP) is 4.12. The van der Waals surface area contributed by atoms with Gasteiger partial charge in [-0.1, -0.05) is 17.3 Å². The van der Waals surface area contributed by atoms with Gasteiger partial charge in [-0.25, -0.2) is 4.68 Å². The van der Waals surface area contributed by atoms with E-state index in [1.54, 1.807) is 10.7 Å². The molecule has 1 saturated heterocycles. The van der Waals surface area contributed by atoms with E-state index in [0.717, 1.165) is 25.0 Å². The number of nitrogens with zero attached hydrogens (tertiary/aromatic N) is 4. The summed E-state index contributed by atoms with van der Waals surface area (Å²) in [5.41, 5.74) is 0.724. The van der Waals surface area contributed by atoms with Crippen molar-refractivity contribution < 1.29 is 22.7 Å². The second-order valence-electron chi connectivity index (χ2n) is 7.72. The first-order chi connectivity index (χ1) is 15.3. The van der Waals surface area contributed by atoms with E-state index in [2.05, 4.69) is 20.5 Å². The molecular weight excluding hydrogens is 423 g/mol. The van der Waals surface area contributed by atoms with E-state index in [9.17, 15) is 18.0 Å². The second-order valence-corrected chi connectivity index (χ2v) is 7.72. The highest BCUT2D eigenvalue weighted by molar-refractivity contribution is 5.93. The molecule has 1 amide bonds. The summed E-state index contributed by atoms with van der Waals surface area (Å²) in [6.45, 7) is 3.99. The number of carbonyl (C=O) groups excluding carboxylic acids is 1. The Labute approximate surface area is 183 Å². The van der Waals surface area contributed by atoms with Gasteiger partial charge >= 0.3 is 6.18 Å². The first-order valence-corrected chi connectivity index (χ1v) is 10.5. The van der Waals surface area contributed by atoms with Crippen molar-refractivity contribution in [3.63, 3.8) is 0 Å². The number of fused-ring (bicyclic) bond motifs is 1. The lowest BCUT2D eigenvalue weighted by atomic mass is 10.0. The smallest absolute Gasteiger partial charge is 0.416 e. The third kappa shape index (κ3) is 4.85. The van der Waals surface area contributed by atoms with Gasteiger partial charge in [0.15, 0.2) is 0 Å². The molecule has 0 saturated carbocycles. The van der Waals surface area contributed by atoms with E-state index in [4.69, 9.17) is 4.74 Å². The molecule has 1 aromatic heterocycles. The molecule has 1 aliphatic heterocycles. The Morgan fingerprint density at radius 2 is 1.94 bits per heavy atom. The number of para-hydroxylation sites is 2. The molecule has 10 heteroatoms. The van der Waals surface area contributed by atoms with E-state index in [1.807, 2.05) is 25.1 Å². The summed E-state index contributed by atoms with van der Waals surface area (Å²) >= 11 is 0. The standard InChI is InChI=1S/C22H24F3N5O2/c1-2-32-20-6-4-3-5-17(20)26-21(31)14-29-11-9-16(10-12-29)30-19-8-7-15(22(23,24)25)13-18(19)27-28-30/h3-8,13,16H,2,9-12,14H2,1H3,(H,26,31). The Balaban J connectivity index is 1.35. The number of aromatic nitrogens is 3. The fourth-order valence-electron chi connectivity index (χ4n) is 3.95. The molecule has 170 valence electrons. The molecule has 0 unspecified atom stereocenters. The van der Waals surface area contributed by atoms with Crippen LogP contribution >= 0.6 is 0 Å². The van der Waals surface area contributed by atoms with Crippen LogP contribution in [-0.2, 0) is 11.0 Å². The highest BCUT2D eigenvalue weighted by atomic mass is 19.4. The molecule has 1 aliphatic rings. The van der Waals surface area contributed by atoms with Crippen molar-refractivity contribution in [2.45, 2.75) is 32.0 Å². The van der Waals surface area contributed by atoms with E-state index >= 15 is 0 Å². The molecule has 7 nitrogen and oxygen atoms in total. The molecule has 1 N–H and O–H groups in total. The first-order valence-electron chi connectivity index (χ1n) is 10.5. The highest BCUT2D eigenvalue weighted by Gasteiger charge is 2.31. The topological polar surface area (TPSA) is 72.3 Å². The van der Waals surface area contributed by atoms with Crippen molar-refractivity contribution in [2.24, 2.45) is 0 Å². The minimum absolute atomic E-state index is 0.0229. The molecule has 32 heavy (non-hydrogen) atoms. The number of nitrogens with one attached hydrogen (secondary N) is 1. The summed E-state index contributed by atoms with van der Waals surface area (Å²) in [6.07, 6.45) is -2.96. The van der Waals surface area contributed by atoms with Gasteiger partial charge in [-0.15, -0.1) is 5.10 Å². The lowest BCUT2D eigenvalue weighted by molar-refractivity contribution is -0.137. The maximum atomic E-state index is 12.9. The van der Waals surface area contributed by atoms with Crippen molar-refractivity contribution in [1.29, 1.82) is 0 Å². The van der Waals surface area contributed by atoms with Gasteiger partial charge in [-0.05, 0) is 50.1 Å². The minimum atomic E-state index is -4.41. The third-order valence-corrected chi connectivity index (χ3v) is 5.53. The number of rotatable bonds is 6. The molecule has 0 radical (unpaired) electrons. The molecule has 0 spiro atoms. The van der Waals surface area contributed by atoms with E-state index in [-0.39, 0.29) is 24.0 Å². The zero-order chi connectivity index (χ0) is 22.7. The molecule has 0 bridgehead atoms. The van der Waals surface area contributed by atoms with Crippen molar-refractivity contribution in [1.82, 2.24) is 19.9 Å². The van der Waals surface area contributed by atoms with Gasteiger partial charge in [-0.2, -0.15) is 13.2 Å². The van der Waals surface area contributed by atoms with E-state index < -0.39 is 11.7 Å². The van der Waals surface area contributed by atoms with Crippen molar-refractivity contribution in [3.05, 3.63) is 48.0 Å². The molecule has 0 atom stereocenters. The fourth-order valence-corrected chi connectivity index (χ4v) is 3.95. The first kappa shape index (κ1) is 22.1. The van der Waals surface area contributed by atoms with Crippen LogP contribution in [0, 0.1) is 0 Å².